The molecule has 7 nitrogen and oxygen atoms in total. The fraction of sp³-hybridized carbons (Fsp3) is 0.286. The second-order valence-electron chi connectivity index (χ2n) is 6.97. The summed E-state index contributed by atoms with van der Waals surface area (Å²) in [5.41, 5.74) is 0.798. The van der Waals surface area contributed by atoms with Crippen molar-refractivity contribution < 1.29 is 23.1 Å². The molecule has 3 rings (SSSR count). The van der Waals surface area contributed by atoms with E-state index >= 15 is 0 Å². The molecule has 0 radical (unpaired) electrons. The van der Waals surface area contributed by atoms with E-state index in [0.29, 0.717) is 10.0 Å². The molecule has 1 aliphatic rings. The van der Waals surface area contributed by atoms with Crippen LogP contribution in [-0.4, -0.2) is 44.3 Å². The first-order chi connectivity index (χ1) is 14.8. The lowest BCUT2D eigenvalue weighted by molar-refractivity contribution is -0.125. The zero-order valence-electron chi connectivity index (χ0n) is 16.4. The Hall–Kier alpha value is -1.94. The molecule has 166 valence electrons. The van der Waals surface area contributed by atoms with Gasteiger partial charge in [0.1, 0.15) is 6.10 Å². The van der Waals surface area contributed by atoms with Crippen molar-refractivity contribution in [3.05, 3.63) is 76.3 Å². The zero-order chi connectivity index (χ0) is 22.4. The third-order valence-electron chi connectivity index (χ3n) is 4.67. The van der Waals surface area contributed by atoms with Gasteiger partial charge in [-0.3, -0.25) is 4.79 Å². The van der Waals surface area contributed by atoms with E-state index in [1.165, 1.54) is 12.1 Å². The Kier molecular flexibility index (Phi) is 8.10. The fourth-order valence-electron chi connectivity index (χ4n) is 3.06. The molecule has 3 atom stereocenters. The number of benzene rings is 2. The van der Waals surface area contributed by atoms with Crippen LogP contribution in [0.2, 0.25) is 10.0 Å². The highest BCUT2D eigenvalue weighted by Gasteiger charge is 2.31. The van der Waals surface area contributed by atoms with Gasteiger partial charge in [-0.15, -0.1) is 0 Å². The molecule has 10 heteroatoms. The van der Waals surface area contributed by atoms with Crippen molar-refractivity contribution in [2.24, 2.45) is 0 Å². The summed E-state index contributed by atoms with van der Waals surface area (Å²) in [7, 11) is -3.78. The first kappa shape index (κ1) is 23.7. The molecule has 1 amide bonds. The highest BCUT2D eigenvalue weighted by atomic mass is 35.5. The lowest BCUT2D eigenvalue weighted by Crippen LogP contribution is -2.48. The topological polar surface area (TPSA) is 105 Å². The Bertz CT molecular complexity index is 1050. The molecule has 2 aromatic rings. The molecule has 0 unspecified atom stereocenters. The van der Waals surface area contributed by atoms with Crippen LogP contribution in [-0.2, 0) is 26.1 Å². The average molecular weight is 485 g/mol. The van der Waals surface area contributed by atoms with E-state index in [2.05, 4.69) is 10.0 Å². The number of carbonyl (C=O) groups is 1. The molecular weight excluding hydrogens is 463 g/mol. The summed E-state index contributed by atoms with van der Waals surface area (Å²) in [6.45, 7) is -0.136. The minimum absolute atomic E-state index is 0.0203. The van der Waals surface area contributed by atoms with E-state index in [1.807, 2.05) is 0 Å². The van der Waals surface area contributed by atoms with Gasteiger partial charge in [-0.1, -0.05) is 59.6 Å². The largest absolute Gasteiger partial charge is 0.394 e. The number of aliphatic hydroxyl groups excluding tert-OH is 1. The molecule has 0 saturated carbocycles. The Morgan fingerprint density at radius 2 is 1.81 bits per heavy atom. The molecule has 0 fully saturated rings. The van der Waals surface area contributed by atoms with Gasteiger partial charge in [-0.2, -0.15) is 0 Å². The normalized spacial score (nSPS) is 21.1. The van der Waals surface area contributed by atoms with Crippen LogP contribution in [0, 0.1) is 0 Å². The molecule has 0 aromatic heterocycles. The van der Waals surface area contributed by atoms with Gasteiger partial charge in [0.05, 0.1) is 40.1 Å². The molecule has 0 bridgehead atoms. The molecule has 0 spiro atoms. The van der Waals surface area contributed by atoms with E-state index < -0.39 is 34.9 Å². The van der Waals surface area contributed by atoms with Gasteiger partial charge in [0.25, 0.3) is 0 Å². The lowest BCUT2D eigenvalue weighted by Gasteiger charge is -2.31. The number of rotatable bonds is 8. The first-order valence-electron chi connectivity index (χ1n) is 9.51. The van der Waals surface area contributed by atoms with E-state index in [9.17, 15) is 18.3 Å². The average Bonchev–Trinajstić information content (AvgIpc) is 2.76. The van der Waals surface area contributed by atoms with E-state index in [0.717, 1.165) is 5.56 Å². The Morgan fingerprint density at radius 1 is 1.06 bits per heavy atom. The summed E-state index contributed by atoms with van der Waals surface area (Å²) in [5, 5.41) is 13.3. The number of halogens is 2. The van der Waals surface area contributed by atoms with Crippen molar-refractivity contribution in [2.75, 3.05) is 6.61 Å². The van der Waals surface area contributed by atoms with Crippen molar-refractivity contribution >= 4 is 39.1 Å². The minimum atomic E-state index is -3.78. The van der Waals surface area contributed by atoms with Crippen molar-refractivity contribution in [3.63, 3.8) is 0 Å². The number of carbonyl (C=O) groups excluding carboxylic acids is 1. The van der Waals surface area contributed by atoms with Crippen LogP contribution < -0.4 is 10.0 Å². The maximum absolute atomic E-state index is 12.5. The maximum atomic E-state index is 12.5. The monoisotopic (exact) mass is 484 g/mol. The molecule has 0 saturated heterocycles. The van der Waals surface area contributed by atoms with Crippen LogP contribution >= 0.6 is 23.2 Å². The third kappa shape index (κ3) is 6.52. The quantitative estimate of drug-likeness (QED) is 0.499. The number of aliphatic hydroxyl groups is 1. The maximum Gasteiger partial charge on any atom is 0.241 e. The predicted molar refractivity (Wildman–Crippen MR) is 118 cm³/mol. The van der Waals surface area contributed by atoms with Gasteiger partial charge < -0.3 is 15.2 Å². The highest BCUT2D eigenvalue weighted by Crippen LogP contribution is 2.22. The zero-order valence-corrected chi connectivity index (χ0v) is 18.7. The van der Waals surface area contributed by atoms with E-state index in [1.54, 1.807) is 48.6 Å². The number of amides is 1. The summed E-state index contributed by atoms with van der Waals surface area (Å²) < 4.78 is 33.3. The highest BCUT2D eigenvalue weighted by molar-refractivity contribution is 7.89. The van der Waals surface area contributed by atoms with Crippen LogP contribution in [0.3, 0.4) is 0 Å². The summed E-state index contributed by atoms with van der Waals surface area (Å²) in [4.78, 5) is 12.4. The standard InChI is InChI=1S/C21H22Cl2N2O5S/c22-17-8-6-14(10-18(17)23)12-24-21(27)11-15-7-9-19(20(13-26)30-15)25-31(28,29)16-4-2-1-3-5-16/h1-10,15,19-20,25-26H,11-13H2,(H,24,27)/t15-,19+,20-/m0/s1. The van der Waals surface area contributed by atoms with Crippen LogP contribution in [0.25, 0.3) is 0 Å². The molecule has 31 heavy (non-hydrogen) atoms. The van der Waals surface area contributed by atoms with Crippen molar-refractivity contribution in [3.8, 4) is 0 Å². The molecule has 1 heterocycles. The van der Waals surface area contributed by atoms with Gasteiger partial charge in [0.2, 0.25) is 15.9 Å². The van der Waals surface area contributed by atoms with Gasteiger partial charge in [0, 0.05) is 6.54 Å². The number of sulfonamides is 1. The van der Waals surface area contributed by atoms with Gasteiger partial charge >= 0.3 is 0 Å². The van der Waals surface area contributed by atoms with Gasteiger partial charge in [-0.05, 0) is 29.8 Å². The predicted octanol–water partition coefficient (Wildman–Crippen LogP) is 2.66. The Labute approximate surface area is 191 Å². The smallest absolute Gasteiger partial charge is 0.241 e. The minimum Gasteiger partial charge on any atom is -0.394 e. The Balaban J connectivity index is 1.57. The second-order valence-corrected chi connectivity index (χ2v) is 9.50. The lowest BCUT2D eigenvalue weighted by atomic mass is 10.1. The van der Waals surface area contributed by atoms with Gasteiger partial charge in [0.15, 0.2) is 0 Å². The van der Waals surface area contributed by atoms with Crippen LogP contribution in [0.5, 0.6) is 0 Å². The molecule has 2 aromatic carbocycles. The fourth-order valence-corrected chi connectivity index (χ4v) is 4.62. The van der Waals surface area contributed by atoms with Crippen LogP contribution in [0.1, 0.15) is 12.0 Å². The van der Waals surface area contributed by atoms with Crippen LogP contribution in [0.15, 0.2) is 65.6 Å². The molecule has 0 aliphatic carbocycles. The van der Waals surface area contributed by atoms with E-state index in [-0.39, 0.29) is 23.8 Å². The molecule has 1 aliphatic heterocycles. The molecule has 3 N–H and O–H groups in total. The van der Waals surface area contributed by atoms with E-state index in [4.69, 9.17) is 27.9 Å². The third-order valence-corrected chi connectivity index (χ3v) is 6.88. The van der Waals surface area contributed by atoms with Crippen molar-refractivity contribution in [1.29, 1.82) is 0 Å². The number of hydrogen-bond donors (Lipinski definition) is 3. The van der Waals surface area contributed by atoms with Gasteiger partial charge in [-0.25, -0.2) is 13.1 Å². The summed E-state index contributed by atoms with van der Waals surface area (Å²) in [6.07, 6.45) is 1.82. The number of ether oxygens (including phenoxy) is 1. The summed E-state index contributed by atoms with van der Waals surface area (Å²) in [6, 6.07) is 12.2. The SMILES string of the molecule is O=C(C[C@@H]1C=C[C@@H](NS(=O)(=O)c2ccccc2)[C@H](CO)O1)NCc1ccc(Cl)c(Cl)c1. The summed E-state index contributed by atoms with van der Waals surface area (Å²) in [5.74, 6) is -0.263. The second kappa shape index (κ2) is 10.6. The first-order valence-corrected chi connectivity index (χ1v) is 11.7. The molecular formula is C21H22Cl2N2O5S. The number of nitrogens with one attached hydrogen (secondary N) is 2. The Morgan fingerprint density at radius 3 is 2.48 bits per heavy atom. The van der Waals surface area contributed by atoms with Crippen LogP contribution in [0.4, 0.5) is 0 Å². The van der Waals surface area contributed by atoms with Crippen molar-refractivity contribution in [2.45, 2.75) is 36.1 Å². The van der Waals surface area contributed by atoms with Crippen molar-refractivity contribution in [1.82, 2.24) is 10.0 Å². The summed E-state index contributed by atoms with van der Waals surface area (Å²) >= 11 is 11.8. The number of hydrogen-bond acceptors (Lipinski definition) is 5.